The molecule has 0 spiro atoms. The number of aliphatic hydroxyl groups excluding tert-OH is 1. The zero-order valence-corrected chi connectivity index (χ0v) is 9.06. The Bertz CT molecular complexity index is 491. The van der Waals surface area contributed by atoms with Crippen molar-refractivity contribution in [3.05, 3.63) is 29.3 Å². The molecule has 0 fully saturated rings. The summed E-state index contributed by atoms with van der Waals surface area (Å²) in [4.78, 5) is -0.813. The number of benzene rings is 1. The highest BCUT2D eigenvalue weighted by Crippen LogP contribution is 2.34. The van der Waals surface area contributed by atoms with E-state index < -0.39 is 33.1 Å². The average Bonchev–Trinajstić information content (AvgIpc) is 2.14. The van der Waals surface area contributed by atoms with Gasteiger partial charge >= 0.3 is 6.18 Å². The number of sulfone groups is 1. The summed E-state index contributed by atoms with van der Waals surface area (Å²) in [6.45, 7) is -0.513. The van der Waals surface area contributed by atoms with Gasteiger partial charge in [-0.15, -0.1) is 0 Å². The third-order valence-electron chi connectivity index (χ3n) is 1.93. The minimum Gasteiger partial charge on any atom is -0.392 e. The van der Waals surface area contributed by atoms with Crippen molar-refractivity contribution >= 4 is 9.84 Å². The Morgan fingerprint density at radius 3 is 2.25 bits per heavy atom. The smallest absolute Gasteiger partial charge is 0.392 e. The summed E-state index contributed by atoms with van der Waals surface area (Å²) in [5.74, 6) is 0. The molecule has 0 saturated heterocycles. The van der Waals surface area contributed by atoms with Gasteiger partial charge in [-0.3, -0.25) is 0 Å². The van der Waals surface area contributed by atoms with Crippen molar-refractivity contribution in [2.24, 2.45) is 0 Å². The van der Waals surface area contributed by atoms with E-state index in [2.05, 4.69) is 0 Å². The van der Waals surface area contributed by atoms with Gasteiger partial charge in [-0.05, 0) is 17.7 Å². The van der Waals surface area contributed by atoms with Crippen LogP contribution in [0, 0.1) is 0 Å². The van der Waals surface area contributed by atoms with Gasteiger partial charge in [0.25, 0.3) is 0 Å². The third-order valence-corrected chi connectivity index (χ3v) is 3.07. The molecule has 0 saturated carbocycles. The second-order valence-corrected chi connectivity index (χ2v) is 5.24. The predicted octanol–water partition coefficient (Wildman–Crippen LogP) is 1.60. The minimum atomic E-state index is -4.73. The van der Waals surface area contributed by atoms with E-state index in [9.17, 15) is 21.6 Å². The summed E-state index contributed by atoms with van der Waals surface area (Å²) in [5, 5.41) is 8.75. The third kappa shape index (κ3) is 2.73. The molecule has 90 valence electrons. The molecular weight excluding hydrogens is 245 g/mol. The molecule has 0 bridgehead atoms. The fraction of sp³-hybridized carbons (Fsp3) is 0.333. The molecule has 16 heavy (non-hydrogen) atoms. The van der Waals surface area contributed by atoms with Crippen LogP contribution in [-0.2, 0) is 22.6 Å². The summed E-state index contributed by atoms with van der Waals surface area (Å²) in [5.41, 5.74) is -1.10. The molecule has 1 rings (SSSR count). The van der Waals surface area contributed by atoms with E-state index in [0.29, 0.717) is 12.3 Å². The highest BCUT2D eigenvalue weighted by Gasteiger charge is 2.36. The molecule has 0 radical (unpaired) electrons. The largest absolute Gasteiger partial charge is 0.417 e. The van der Waals surface area contributed by atoms with Crippen LogP contribution in [0.5, 0.6) is 0 Å². The lowest BCUT2D eigenvalue weighted by atomic mass is 10.1. The van der Waals surface area contributed by atoms with E-state index in [0.717, 1.165) is 12.1 Å². The molecule has 1 N–H and O–H groups in total. The van der Waals surface area contributed by atoms with Gasteiger partial charge in [0.1, 0.15) is 0 Å². The number of hydrogen-bond acceptors (Lipinski definition) is 3. The summed E-state index contributed by atoms with van der Waals surface area (Å²) in [7, 11) is -3.98. The molecule has 7 heteroatoms. The summed E-state index contributed by atoms with van der Waals surface area (Å²) in [6.07, 6.45) is -4.04. The van der Waals surface area contributed by atoms with Gasteiger partial charge in [0.15, 0.2) is 9.84 Å². The minimum absolute atomic E-state index is 0.119. The van der Waals surface area contributed by atoms with E-state index in [-0.39, 0.29) is 5.56 Å². The summed E-state index contributed by atoms with van der Waals surface area (Å²) in [6, 6.07) is 2.53. The zero-order chi connectivity index (χ0) is 12.6. The van der Waals surface area contributed by atoms with Crippen LogP contribution in [0.2, 0.25) is 0 Å². The number of hydrogen-bond donors (Lipinski definition) is 1. The van der Waals surface area contributed by atoms with Crippen LogP contribution in [0.3, 0.4) is 0 Å². The molecule has 0 aromatic heterocycles. The van der Waals surface area contributed by atoms with E-state index in [4.69, 9.17) is 5.11 Å². The second kappa shape index (κ2) is 4.06. The van der Waals surface area contributed by atoms with Gasteiger partial charge in [0, 0.05) is 6.26 Å². The lowest BCUT2D eigenvalue weighted by Crippen LogP contribution is -2.13. The van der Waals surface area contributed by atoms with Gasteiger partial charge in [-0.2, -0.15) is 13.2 Å². The van der Waals surface area contributed by atoms with E-state index >= 15 is 0 Å². The molecule has 1 aromatic rings. The highest BCUT2D eigenvalue weighted by molar-refractivity contribution is 7.90. The molecule has 0 amide bonds. The SMILES string of the molecule is CS(=O)(=O)c1cc(CO)ccc1C(F)(F)F. The zero-order valence-electron chi connectivity index (χ0n) is 8.25. The van der Waals surface area contributed by atoms with E-state index in [1.165, 1.54) is 0 Å². The normalized spacial score (nSPS) is 12.8. The van der Waals surface area contributed by atoms with Crippen molar-refractivity contribution in [2.75, 3.05) is 6.26 Å². The Hall–Kier alpha value is -1.08. The fourth-order valence-electron chi connectivity index (χ4n) is 1.21. The number of rotatable bonds is 2. The van der Waals surface area contributed by atoms with E-state index in [1.54, 1.807) is 0 Å². The Morgan fingerprint density at radius 2 is 1.88 bits per heavy atom. The van der Waals surface area contributed by atoms with Gasteiger partial charge in [0.05, 0.1) is 17.1 Å². The Labute approximate surface area is 90.4 Å². The van der Waals surface area contributed by atoms with E-state index in [1.807, 2.05) is 0 Å². The fourth-order valence-corrected chi connectivity index (χ4v) is 2.15. The van der Waals surface area contributed by atoms with Crippen molar-refractivity contribution in [1.82, 2.24) is 0 Å². The number of alkyl halides is 3. The molecule has 1 aromatic carbocycles. The van der Waals surface area contributed by atoms with Gasteiger partial charge in [-0.25, -0.2) is 8.42 Å². The van der Waals surface area contributed by atoms with Crippen LogP contribution >= 0.6 is 0 Å². The van der Waals surface area contributed by atoms with Crippen molar-refractivity contribution in [3.8, 4) is 0 Å². The Morgan fingerprint density at radius 1 is 1.31 bits per heavy atom. The second-order valence-electron chi connectivity index (χ2n) is 3.26. The molecule has 0 heterocycles. The lowest BCUT2D eigenvalue weighted by Gasteiger charge is -2.12. The van der Waals surface area contributed by atoms with Gasteiger partial charge < -0.3 is 5.11 Å². The lowest BCUT2D eigenvalue weighted by molar-refractivity contribution is -0.139. The van der Waals surface area contributed by atoms with Crippen molar-refractivity contribution < 1.29 is 26.7 Å². The first-order chi connectivity index (χ1) is 7.16. The van der Waals surface area contributed by atoms with Crippen molar-refractivity contribution in [2.45, 2.75) is 17.7 Å². The van der Waals surface area contributed by atoms with Crippen LogP contribution in [0.15, 0.2) is 23.1 Å². The molecule has 0 aliphatic carbocycles. The maximum atomic E-state index is 12.5. The summed E-state index contributed by atoms with van der Waals surface area (Å²) < 4.78 is 59.8. The summed E-state index contributed by atoms with van der Waals surface area (Å²) >= 11 is 0. The van der Waals surface area contributed by atoms with Crippen LogP contribution in [0.1, 0.15) is 11.1 Å². The van der Waals surface area contributed by atoms with Crippen LogP contribution < -0.4 is 0 Å². The topological polar surface area (TPSA) is 54.4 Å². The quantitative estimate of drug-likeness (QED) is 0.872. The maximum Gasteiger partial charge on any atom is 0.417 e. The van der Waals surface area contributed by atoms with Crippen molar-refractivity contribution in [3.63, 3.8) is 0 Å². The first kappa shape index (κ1) is 13.0. The average molecular weight is 254 g/mol. The molecule has 0 unspecified atom stereocenters. The standard InChI is InChI=1S/C9H9F3O3S/c1-16(14,15)8-4-6(5-13)2-3-7(8)9(10,11)12/h2-4,13H,5H2,1H3. The van der Waals surface area contributed by atoms with Crippen LogP contribution in [-0.4, -0.2) is 19.8 Å². The van der Waals surface area contributed by atoms with Crippen molar-refractivity contribution in [1.29, 1.82) is 0 Å². The Kier molecular flexibility index (Phi) is 3.30. The molecule has 0 atom stereocenters. The Balaban J connectivity index is 3.52. The van der Waals surface area contributed by atoms with Crippen LogP contribution in [0.25, 0.3) is 0 Å². The molecule has 0 aliphatic heterocycles. The molecular formula is C9H9F3O3S. The van der Waals surface area contributed by atoms with Gasteiger partial charge in [0.2, 0.25) is 0 Å². The highest BCUT2D eigenvalue weighted by atomic mass is 32.2. The number of halogens is 3. The number of aliphatic hydroxyl groups is 1. The van der Waals surface area contributed by atoms with Gasteiger partial charge in [-0.1, -0.05) is 6.07 Å². The first-order valence-electron chi connectivity index (χ1n) is 4.17. The predicted molar refractivity (Wildman–Crippen MR) is 50.5 cm³/mol. The van der Waals surface area contributed by atoms with Crippen LogP contribution in [0.4, 0.5) is 13.2 Å². The molecule has 3 nitrogen and oxygen atoms in total. The maximum absolute atomic E-state index is 12.5. The molecule has 0 aliphatic rings. The first-order valence-corrected chi connectivity index (χ1v) is 6.06. The monoisotopic (exact) mass is 254 g/mol.